The van der Waals surface area contributed by atoms with Crippen molar-refractivity contribution in [2.75, 3.05) is 32.7 Å². The summed E-state index contributed by atoms with van der Waals surface area (Å²) in [5.74, 6) is 0.359. The molecule has 1 aromatic heterocycles. The molecule has 2 atom stereocenters. The fourth-order valence-corrected chi connectivity index (χ4v) is 6.78. The van der Waals surface area contributed by atoms with E-state index >= 15 is 0 Å². The van der Waals surface area contributed by atoms with E-state index in [1.54, 1.807) is 0 Å². The number of likely N-dealkylation sites (tertiary alicyclic amines) is 1. The second kappa shape index (κ2) is 10.0. The Bertz CT molecular complexity index is 1200. The minimum Gasteiger partial charge on any atom is -0.454 e. The van der Waals surface area contributed by atoms with Gasteiger partial charge in [-0.2, -0.15) is 0 Å². The molecule has 7 rings (SSSR count). The molecule has 4 aliphatic rings. The third-order valence-electron chi connectivity index (χ3n) is 9.08. The van der Waals surface area contributed by atoms with Gasteiger partial charge >= 0.3 is 5.97 Å². The summed E-state index contributed by atoms with van der Waals surface area (Å²) in [5, 5.41) is 8.89. The smallest absolute Gasteiger partial charge is 0.331 e. The zero-order chi connectivity index (χ0) is 25.3. The normalized spacial score (nSPS) is 27.5. The molecule has 3 aromatic rings. The molecule has 194 valence electrons. The molecule has 0 N–H and O–H groups in total. The van der Waals surface area contributed by atoms with Gasteiger partial charge in [0.1, 0.15) is 24.3 Å². The van der Waals surface area contributed by atoms with E-state index in [-0.39, 0.29) is 12.1 Å². The quantitative estimate of drug-likeness (QED) is 0.357. The number of para-hydroxylation sites is 1. The Morgan fingerprint density at radius 1 is 1.00 bits per heavy atom. The zero-order valence-electron chi connectivity index (χ0n) is 21.8. The zero-order valence-corrected chi connectivity index (χ0v) is 21.8. The molecule has 2 bridgehead atoms. The number of nitrogens with zero attached hydrogens (tertiary/aromatic N) is 5. The second-order valence-corrected chi connectivity index (χ2v) is 11.4. The van der Waals surface area contributed by atoms with Crippen LogP contribution in [-0.2, 0) is 21.6 Å². The molecule has 0 aliphatic carbocycles. The molecule has 37 heavy (non-hydrogen) atoms. The Labute approximate surface area is 219 Å². The lowest BCUT2D eigenvalue weighted by molar-refractivity contribution is -0.958. The maximum Gasteiger partial charge on any atom is 0.331 e. The third kappa shape index (κ3) is 4.71. The summed E-state index contributed by atoms with van der Waals surface area (Å²) in [6.07, 6.45) is 7.68. The number of aromatic nitrogens is 3. The molecule has 5 heterocycles. The molecular formula is C30H38N5O2+. The molecule has 4 fully saturated rings. The Morgan fingerprint density at radius 3 is 2.38 bits per heavy atom. The lowest BCUT2D eigenvalue weighted by Crippen LogP contribution is -2.64. The number of rotatable bonds is 7. The van der Waals surface area contributed by atoms with Gasteiger partial charge in [0.05, 0.1) is 25.0 Å². The van der Waals surface area contributed by atoms with E-state index in [2.05, 4.69) is 34.3 Å². The van der Waals surface area contributed by atoms with Crippen molar-refractivity contribution in [3.8, 4) is 5.69 Å². The van der Waals surface area contributed by atoms with Gasteiger partial charge < -0.3 is 9.22 Å². The van der Waals surface area contributed by atoms with Crippen LogP contribution in [0.5, 0.6) is 0 Å². The maximum atomic E-state index is 14.0. The number of hydrogen-bond acceptors (Lipinski definition) is 5. The second-order valence-electron chi connectivity index (χ2n) is 11.4. The number of esters is 1. The van der Waals surface area contributed by atoms with Crippen LogP contribution in [0.1, 0.15) is 50.3 Å². The Kier molecular flexibility index (Phi) is 6.59. The third-order valence-corrected chi connectivity index (χ3v) is 9.08. The van der Waals surface area contributed by atoms with Crippen LogP contribution in [0.15, 0.2) is 66.9 Å². The first-order valence-corrected chi connectivity index (χ1v) is 13.9. The highest BCUT2D eigenvalue weighted by molar-refractivity contribution is 5.82. The summed E-state index contributed by atoms with van der Waals surface area (Å²) in [7, 11) is 0. The molecule has 0 saturated carbocycles. The Balaban J connectivity index is 1.20. The number of carbonyl (C=O) groups is 1. The highest BCUT2D eigenvalue weighted by Crippen LogP contribution is 2.39. The number of piperidine rings is 4. The molecule has 0 unspecified atom stereocenters. The molecule has 4 aliphatic heterocycles. The van der Waals surface area contributed by atoms with Crippen molar-refractivity contribution in [3.63, 3.8) is 0 Å². The van der Waals surface area contributed by atoms with E-state index in [0.29, 0.717) is 5.92 Å². The van der Waals surface area contributed by atoms with Crippen molar-refractivity contribution in [2.45, 2.75) is 57.2 Å². The molecule has 2 aromatic carbocycles. The van der Waals surface area contributed by atoms with E-state index in [1.165, 1.54) is 6.42 Å². The van der Waals surface area contributed by atoms with Crippen LogP contribution in [0.3, 0.4) is 0 Å². The average Bonchev–Trinajstić information content (AvgIpc) is 3.42. The largest absolute Gasteiger partial charge is 0.454 e. The van der Waals surface area contributed by atoms with E-state index in [0.717, 1.165) is 86.4 Å². The number of hydrogen-bond donors (Lipinski definition) is 0. The van der Waals surface area contributed by atoms with E-state index in [1.807, 2.05) is 59.4 Å². The van der Waals surface area contributed by atoms with Crippen molar-refractivity contribution in [3.05, 3.63) is 78.1 Å². The molecule has 0 amide bonds. The van der Waals surface area contributed by atoms with Crippen molar-refractivity contribution in [1.82, 2.24) is 19.9 Å². The van der Waals surface area contributed by atoms with Crippen molar-refractivity contribution in [1.29, 1.82) is 0 Å². The van der Waals surface area contributed by atoms with E-state index < -0.39 is 5.54 Å². The van der Waals surface area contributed by atoms with Crippen LogP contribution in [0.4, 0.5) is 0 Å². The minimum absolute atomic E-state index is 0.0491. The summed E-state index contributed by atoms with van der Waals surface area (Å²) in [6.45, 7) is 7.86. The van der Waals surface area contributed by atoms with Gasteiger partial charge in [-0.3, -0.25) is 4.90 Å². The maximum absolute atomic E-state index is 14.0. The van der Waals surface area contributed by atoms with Gasteiger partial charge in [0.2, 0.25) is 0 Å². The van der Waals surface area contributed by atoms with Crippen LogP contribution in [-0.4, -0.2) is 69.2 Å². The number of benzene rings is 2. The molecule has 7 nitrogen and oxygen atoms in total. The monoisotopic (exact) mass is 500 g/mol. The van der Waals surface area contributed by atoms with Crippen LogP contribution < -0.4 is 0 Å². The van der Waals surface area contributed by atoms with Crippen molar-refractivity contribution < 1.29 is 14.0 Å². The van der Waals surface area contributed by atoms with E-state index in [9.17, 15) is 4.79 Å². The van der Waals surface area contributed by atoms with Gasteiger partial charge in [-0.1, -0.05) is 60.2 Å². The number of fused-ring (bicyclic) bond motifs is 3. The summed E-state index contributed by atoms with van der Waals surface area (Å²) >= 11 is 0. The fraction of sp³-hybridized carbons (Fsp3) is 0.500. The minimum atomic E-state index is -0.753. The van der Waals surface area contributed by atoms with Gasteiger partial charge in [-0.05, 0) is 50.6 Å². The molecular weight excluding hydrogens is 462 g/mol. The summed E-state index contributed by atoms with van der Waals surface area (Å²) in [4.78, 5) is 16.4. The van der Waals surface area contributed by atoms with Crippen molar-refractivity contribution >= 4 is 5.97 Å². The predicted octanol–water partition coefficient (Wildman–Crippen LogP) is 4.32. The Morgan fingerprint density at radius 2 is 1.68 bits per heavy atom. The van der Waals surface area contributed by atoms with Crippen LogP contribution in [0, 0.1) is 5.92 Å². The SMILES string of the molecule is C[C@@](C(=O)O[C@H]1C[N+]2(Cc3cn(-c4ccccc4)nn3)CCC1CC2)(c1ccccc1)N1CCCCC1. The van der Waals surface area contributed by atoms with Gasteiger partial charge in [0, 0.05) is 18.8 Å². The molecule has 7 heteroatoms. The van der Waals surface area contributed by atoms with Gasteiger partial charge in [-0.25, -0.2) is 9.48 Å². The first-order valence-electron chi connectivity index (χ1n) is 13.9. The first-order chi connectivity index (χ1) is 18.1. The van der Waals surface area contributed by atoms with Gasteiger partial charge in [0.15, 0.2) is 6.10 Å². The molecule has 4 saturated heterocycles. The standard InChI is InChI=1S/C30H38N5O2/c1-30(25-11-5-2-6-12-25,33-17-9-4-10-18-33)29(36)37-28-23-35(19-15-24(28)16-20-35)22-26-21-34(32-31-26)27-13-7-3-8-14-27/h2-3,5-8,11-14,21,24,28H,4,9-10,15-20,22-23H2,1H3/q+1/t24?,28-,30-,35?/m0/s1. The summed E-state index contributed by atoms with van der Waals surface area (Å²) < 4.78 is 9.28. The molecule has 0 spiro atoms. The first kappa shape index (κ1) is 24.3. The highest BCUT2D eigenvalue weighted by Gasteiger charge is 2.51. The summed E-state index contributed by atoms with van der Waals surface area (Å²) in [6, 6.07) is 20.3. The van der Waals surface area contributed by atoms with Gasteiger partial charge in [-0.15, -0.1) is 5.10 Å². The highest BCUT2D eigenvalue weighted by atomic mass is 16.5. The van der Waals surface area contributed by atoms with Crippen LogP contribution in [0.2, 0.25) is 0 Å². The number of carbonyl (C=O) groups excluding carboxylic acids is 1. The van der Waals surface area contributed by atoms with Crippen LogP contribution in [0.25, 0.3) is 5.69 Å². The average molecular weight is 501 g/mol. The fourth-order valence-electron chi connectivity index (χ4n) is 6.78. The summed E-state index contributed by atoms with van der Waals surface area (Å²) in [5.41, 5.74) is 2.29. The topological polar surface area (TPSA) is 60.3 Å². The number of ether oxygens (including phenoxy) is 1. The van der Waals surface area contributed by atoms with E-state index in [4.69, 9.17) is 4.74 Å². The lowest BCUT2D eigenvalue weighted by Gasteiger charge is -2.52. The lowest BCUT2D eigenvalue weighted by atomic mass is 9.82. The predicted molar refractivity (Wildman–Crippen MR) is 142 cm³/mol. The Hall–Kier alpha value is -3.03. The van der Waals surface area contributed by atoms with Gasteiger partial charge in [0.25, 0.3) is 0 Å². The van der Waals surface area contributed by atoms with Crippen molar-refractivity contribution in [2.24, 2.45) is 5.92 Å². The number of quaternary nitrogens is 1. The van der Waals surface area contributed by atoms with Crippen LogP contribution >= 0.6 is 0 Å². The molecule has 0 radical (unpaired) electrons.